The van der Waals surface area contributed by atoms with Crippen LogP contribution < -0.4 is 0 Å². The summed E-state index contributed by atoms with van der Waals surface area (Å²) >= 11 is 0. The van der Waals surface area contributed by atoms with Gasteiger partial charge in [0.2, 0.25) is 0 Å². The molecule has 0 saturated carbocycles. The number of imidazole rings is 1. The smallest absolute Gasteiger partial charge is 0.112 e. The summed E-state index contributed by atoms with van der Waals surface area (Å²) in [5.74, 6) is 1.73. The third kappa shape index (κ3) is 9.23. The lowest BCUT2D eigenvalue weighted by Gasteiger charge is -2.11. The van der Waals surface area contributed by atoms with Gasteiger partial charge in [0.15, 0.2) is 0 Å². The molecular weight excluding hydrogens is 364 g/mol. The van der Waals surface area contributed by atoms with Gasteiger partial charge < -0.3 is 4.57 Å². The predicted octanol–water partition coefficient (Wildman–Crippen LogP) is 9.42. The molecule has 2 heteroatoms. The molecular formula is C28H48N2. The van der Waals surface area contributed by atoms with Gasteiger partial charge in [0.05, 0.1) is 11.0 Å². The number of hydrogen-bond acceptors (Lipinski definition) is 1. The van der Waals surface area contributed by atoms with Crippen molar-refractivity contribution in [2.45, 2.75) is 136 Å². The molecule has 0 N–H and O–H groups in total. The van der Waals surface area contributed by atoms with Crippen molar-refractivity contribution >= 4 is 11.0 Å². The Morgan fingerprint density at radius 3 is 1.63 bits per heavy atom. The molecule has 1 aromatic carbocycles. The Balaban J connectivity index is 1.46. The maximum atomic E-state index is 4.87. The number of para-hydroxylation sites is 2. The van der Waals surface area contributed by atoms with Gasteiger partial charge in [-0.05, 0) is 18.6 Å². The van der Waals surface area contributed by atoms with Crippen LogP contribution in [0.15, 0.2) is 24.3 Å². The molecule has 0 atom stereocenters. The zero-order valence-electron chi connectivity index (χ0n) is 20.3. The minimum atomic E-state index is 0.485. The van der Waals surface area contributed by atoms with Crippen molar-refractivity contribution in [2.75, 3.05) is 0 Å². The zero-order chi connectivity index (χ0) is 21.4. The molecule has 0 bridgehead atoms. The first-order chi connectivity index (χ1) is 14.7. The number of benzene rings is 1. The molecule has 2 rings (SSSR count). The van der Waals surface area contributed by atoms with E-state index < -0.39 is 0 Å². The second kappa shape index (κ2) is 15.5. The Hall–Kier alpha value is -1.31. The molecule has 1 aromatic heterocycles. The maximum absolute atomic E-state index is 4.87. The van der Waals surface area contributed by atoms with Crippen LogP contribution in [0.2, 0.25) is 0 Å². The Bertz CT molecular complexity index is 670. The van der Waals surface area contributed by atoms with Gasteiger partial charge in [-0.3, -0.25) is 0 Å². The molecule has 2 aromatic rings. The van der Waals surface area contributed by atoms with Crippen molar-refractivity contribution < 1.29 is 0 Å². The largest absolute Gasteiger partial charge is 0.328 e. The van der Waals surface area contributed by atoms with Crippen molar-refractivity contribution in [2.24, 2.45) is 0 Å². The maximum Gasteiger partial charge on any atom is 0.112 e. The van der Waals surface area contributed by atoms with Gasteiger partial charge in [0, 0.05) is 12.5 Å². The fraction of sp³-hybridized carbons (Fsp3) is 0.750. The number of aryl methyl sites for hydroxylation is 1. The van der Waals surface area contributed by atoms with E-state index in [9.17, 15) is 0 Å². The fourth-order valence-corrected chi connectivity index (χ4v) is 4.59. The molecule has 30 heavy (non-hydrogen) atoms. The third-order valence-electron chi connectivity index (χ3n) is 6.44. The van der Waals surface area contributed by atoms with Crippen molar-refractivity contribution in [1.82, 2.24) is 9.55 Å². The molecule has 0 saturated heterocycles. The molecule has 0 aliphatic rings. The monoisotopic (exact) mass is 412 g/mol. The Kier molecular flexibility index (Phi) is 12.9. The van der Waals surface area contributed by atoms with Crippen molar-refractivity contribution in [3.63, 3.8) is 0 Å². The summed E-state index contributed by atoms with van der Waals surface area (Å²) in [7, 11) is 0. The number of unbranched alkanes of at least 4 members (excludes halogenated alkanes) is 15. The highest BCUT2D eigenvalue weighted by atomic mass is 15.1. The SMILES string of the molecule is CCCCCCCCCCCCCCCCCCn1c(C(C)C)nc2ccccc21. The van der Waals surface area contributed by atoms with E-state index in [0.29, 0.717) is 5.92 Å². The van der Waals surface area contributed by atoms with E-state index in [-0.39, 0.29) is 0 Å². The summed E-state index contributed by atoms with van der Waals surface area (Å²) in [6.45, 7) is 7.93. The second-order valence-corrected chi connectivity index (χ2v) is 9.57. The summed E-state index contributed by atoms with van der Waals surface area (Å²) in [6.07, 6.45) is 22.8. The molecule has 0 aliphatic carbocycles. The molecule has 0 unspecified atom stereocenters. The van der Waals surface area contributed by atoms with Crippen LogP contribution in [0.25, 0.3) is 11.0 Å². The highest BCUT2D eigenvalue weighted by molar-refractivity contribution is 5.76. The topological polar surface area (TPSA) is 17.8 Å². The quantitative estimate of drug-likeness (QED) is 0.223. The van der Waals surface area contributed by atoms with E-state index in [2.05, 4.69) is 49.6 Å². The minimum absolute atomic E-state index is 0.485. The predicted molar refractivity (Wildman–Crippen MR) is 133 cm³/mol. The van der Waals surface area contributed by atoms with Gasteiger partial charge in [-0.2, -0.15) is 0 Å². The highest BCUT2D eigenvalue weighted by Gasteiger charge is 2.12. The first-order valence-corrected chi connectivity index (χ1v) is 13.2. The first kappa shape index (κ1) is 25.0. The van der Waals surface area contributed by atoms with E-state index in [4.69, 9.17) is 4.98 Å². The fourth-order valence-electron chi connectivity index (χ4n) is 4.59. The van der Waals surface area contributed by atoms with Gasteiger partial charge >= 0.3 is 0 Å². The molecule has 0 radical (unpaired) electrons. The van der Waals surface area contributed by atoms with Crippen LogP contribution in [-0.2, 0) is 6.54 Å². The minimum Gasteiger partial charge on any atom is -0.328 e. The van der Waals surface area contributed by atoms with Crippen molar-refractivity contribution in [3.05, 3.63) is 30.1 Å². The van der Waals surface area contributed by atoms with Crippen molar-refractivity contribution in [3.8, 4) is 0 Å². The Morgan fingerprint density at radius 1 is 0.667 bits per heavy atom. The zero-order valence-corrected chi connectivity index (χ0v) is 20.3. The van der Waals surface area contributed by atoms with E-state index in [0.717, 1.165) is 12.1 Å². The standard InChI is InChI=1S/C28H48N2/c1-4-5-6-7-8-9-10-11-12-13-14-15-16-17-18-21-24-30-27-23-20-19-22-26(27)29-28(30)25(2)3/h19-20,22-23,25H,4-18,21,24H2,1-3H3. The van der Waals surface area contributed by atoms with E-state index >= 15 is 0 Å². The van der Waals surface area contributed by atoms with Crippen LogP contribution in [0, 0.1) is 0 Å². The highest BCUT2D eigenvalue weighted by Crippen LogP contribution is 2.22. The third-order valence-corrected chi connectivity index (χ3v) is 6.44. The van der Waals surface area contributed by atoms with E-state index in [1.165, 1.54) is 114 Å². The molecule has 0 amide bonds. The van der Waals surface area contributed by atoms with Crippen LogP contribution >= 0.6 is 0 Å². The lowest BCUT2D eigenvalue weighted by molar-refractivity contribution is 0.517. The van der Waals surface area contributed by atoms with E-state index in [1.54, 1.807) is 0 Å². The molecule has 2 nitrogen and oxygen atoms in total. The molecule has 0 aliphatic heterocycles. The van der Waals surface area contributed by atoms with Crippen LogP contribution in [0.4, 0.5) is 0 Å². The number of nitrogens with zero attached hydrogens (tertiary/aromatic N) is 2. The summed E-state index contributed by atoms with van der Waals surface area (Å²) < 4.78 is 2.46. The summed E-state index contributed by atoms with van der Waals surface area (Å²) in [5.41, 5.74) is 2.46. The lowest BCUT2D eigenvalue weighted by atomic mass is 10.0. The average Bonchev–Trinajstić information content (AvgIpc) is 3.12. The molecule has 170 valence electrons. The Labute approximate surface area is 186 Å². The van der Waals surface area contributed by atoms with Crippen LogP contribution in [0.3, 0.4) is 0 Å². The number of aromatic nitrogens is 2. The number of hydrogen-bond donors (Lipinski definition) is 0. The Morgan fingerprint density at radius 2 is 1.13 bits per heavy atom. The van der Waals surface area contributed by atoms with Crippen LogP contribution in [0.5, 0.6) is 0 Å². The molecule has 0 spiro atoms. The lowest BCUT2D eigenvalue weighted by Crippen LogP contribution is -2.05. The molecule has 1 heterocycles. The van der Waals surface area contributed by atoms with E-state index in [1.807, 2.05) is 0 Å². The molecule has 0 fully saturated rings. The summed E-state index contributed by atoms with van der Waals surface area (Å²) in [4.78, 5) is 4.87. The number of rotatable bonds is 18. The van der Waals surface area contributed by atoms with Gasteiger partial charge in [-0.25, -0.2) is 4.98 Å². The summed E-state index contributed by atoms with van der Waals surface area (Å²) in [6, 6.07) is 8.60. The van der Waals surface area contributed by atoms with Gasteiger partial charge in [-0.15, -0.1) is 0 Å². The first-order valence-electron chi connectivity index (χ1n) is 13.2. The van der Waals surface area contributed by atoms with Crippen LogP contribution in [0.1, 0.15) is 135 Å². The number of fused-ring (bicyclic) bond motifs is 1. The van der Waals surface area contributed by atoms with Crippen LogP contribution in [-0.4, -0.2) is 9.55 Å². The second-order valence-electron chi connectivity index (χ2n) is 9.57. The average molecular weight is 413 g/mol. The van der Waals surface area contributed by atoms with Gasteiger partial charge in [-0.1, -0.05) is 129 Å². The van der Waals surface area contributed by atoms with Gasteiger partial charge in [0.1, 0.15) is 5.82 Å². The normalized spacial score (nSPS) is 11.7. The summed E-state index contributed by atoms with van der Waals surface area (Å²) in [5, 5.41) is 0. The van der Waals surface area contributed by atoms with Crippen molar-refractivity contribution in [1.29, 1.82) is 0 Å². The van der Waals surface area contributed by atoms with Gasteiger partial charge in [0.25, 0.3) is 0 Å².